The number of nitrogens with one attached hydrogen (secondary N) is 1. The Kier molecular flexibility index (Phi) is 0.383. The van der Waals surface area contributed by atoms with Crippen LogP contribution in [0.3, 0.4) is 0 Å². The lowest BCUT2D eigenvalue weighted by Gasteiger charge is -1.87. The van der Waals surface area contributed by atoms with Crippen molar-refractivity contribution in [2.75, 3.05) is 13.1 Å². The summed E-state index contributed by atoms with van der Waals surface area (Å²) >= 11 is 0. The van der Waals surface area contributed by atoms with Gasteiger partial charge in [-0.05, 0) is 0 Å². The summed E-state index contributed by atoms with van der Waals surface area (Å²) in [5.74, 6) is 0. The highest BCUT2D eigenvalue weighted by Crippen LogP contribution is 2.24. The number of fused-ring (bicyclic) bond motifs is 1. The first-order valence-electron chi connectivity index (χ1n) is 2.33. The summed E-state index contributed by atoms with van der Waals surface area (Å²) in [5.41, 5.74) is 0. The van der Waals surface area contributed by atoms with Gasteiger partial charge in [0.15, 0.2) is 0 Å². The first-order valence-corrected chi connectivity index (χ1v) is 2.33. The van der Waals surface area contributed by atoms with E-state index in [2.05, 4.69) is 5.32 Å². The van der Waals surface area contributed by atoms with Gasteiger partial charge in [-0.1, -0.05) is 0 Å². The highest BCUT2D eigenvalue weighted by molar-refractivity contribution is 4.94. The molecule has 0 bridgehead atoms. The molecule has 0 aromatic rings. The van der Waals surface area contributed by atoms with Crippen molar-refractivity contribution in [3.8, 4) is 0 Å². The first-order chi connectivity index (χ1) is 2.97. The Balaban J connectivity index is 2.09. The molecule has 2 fully saturated rings. The fraction of sp³-hybridized carbons (Fsp3) is 1.00. The predicted molar refractivity (Wildman–Crippen MR) is 21.5 cm³/mol. The van der Waals surface area contributed by atoms with Crippen molar-refractivity contribution in [1.82, 2.24) is 5.32 Å². The van der Waals surface area contributed by atoms with Gasteiger partial charge in [-0.3, -0.25) is 0 Å². The van der Waals surface area contributed by atoms with E-state index in [1.165, 1.54) is 0 Å². The summed E-state index contributed by atoms with van der Waals surface area (Å²) < 4.78 is 5.09. The van der Waals surface area contributed by atoms with Gasteiger partial charge in [0, 0.05) is 13.1 Å². The molecule has 0 radical (unpaired) electrons. The summed E-state index contributed by atoms with van der Waals surface area (Å²) in [6, 6.07) is 0. The summed E-state index contributed by atoms with van der Waals surface area (Å²) in [7, 11) is 0. The fourth-order valence-electron chi connectivity index (χ4n) is 0.906. The Morgan fingerprint density at radius 1 is 1.33 bits per heavy atom. The van der Waals surface area contributed by atoms with Crippen molar-refractivity contribution in [2.45, 2.75) is 12.2 Å². The van der Waals surface area contributed by atoms with Crippen LogP contribution in [0.4, 0.5) is 0 Å². The minimum atomic E-state index is 0.602. The molecule has 0 aromatic carbocycles. The summed E-state index contributed by atoms with van der Waals surface area (Å²) in [5, 5.41) is 3.20. The van der Waals surface area contributed by atoms with Crippen LogP contribution in [0.1, 0.15) is 0 Å². The van der Waals surface area contributed by atoms with Crippen molar-refractivity contribution in [2.24, 2.45) is 0 Å². The molecule has 2 aliphatic rings. The van der Waals surface area contributed by atoms with Crippen molar-refractivity contribution in [3.05, 3.63) is 0 Å². The average Bonchev–Trinajstić information content (AvgIpc) is 2.17. The Morgan fingerprint density at radius 3 is 2.17 bits per heavy atom. The van der Waals surface area contributed by atoms with Gasteiger partial charge in [-0.15, -0.1) is 0 Å². The number of morpholine rings is 1. The fourth-order valence-corrected chi connectivity index (χ4v) is 0.906. The predicted octanol–water partition coefficient (Wildman–Crippen LogP) is -0.643. The topological polar surface area (TPSA) is 24.6 Å². The molecule has 0 spiro atoms. The second kappa shape index (κ2) is 0.768. The molecule has 6 heavy (non-hydrogen) atoms. The molecule has 34 valence electrons. The third-order valence-electron chi connectivity index (χ3n) is 1.38. The van der Waals surface area contributed by atoms with E-state index in [-0.39, 0.29) is 0 Å². The van der Waals surface area contributed by atoms with Gasteiger partial charge in [0.05, 0.1) is 12.2 Å². The van der Waals surface area contributed by atoms with Gasteiger partial charge in [-0.25, -0.2) is 0 Å². The normalized spacial score (nSPS) is 52.0. The maximum Gasteiger partial charge on any atom is 0.0979 e. The lowest BCUT2D eigenvalue weighted by atomic mass is 10.4. The number of rotatable bonds is 0. The Labute approximate surface area is 36.5 Å². The van der Waals surface area contributed by atoms with E-state index < -0.39 is 0 Å². The largest absolute Gasteiger partial charge is 0.367 e. The molecule has 0 amide bonds. The SMILES string of the molecule is C1NCC2OC12. The second-order valence-electron chi connectivity index (χ2n) is 1.87. The van der Waals surface area contributed by atoms with Gasteiger partial charge >= 0.3 is 0 Å². The molecular formula is C4H7NO. The Morgan fingerprint density at radius 2 is 2.00 bits per heavy atom. The summed E-state index contributed by atoms with van der Waals surface area (Å²) in [6.45, 7) is 2.18. The maximum atomic E-state index is 5.09. The number of hydrogen-bond acceptors (Lipinski definition) is 2. The van der Waals surface area contributed by atoms with Gasteiger partial charge in [0.1, 0.15) is 0 Å². The van der Waals surface area contributed by atoms with Gasteiger partial charge in [0.25, 0.3) is 0 Å². The lowest BCUT2D eigenvalue weighted by Crippen LogP contribution is -2.13. The van der Waals surface area contributed by atoms with E-state index in [1.807, 2.05) is 0 Å². The maximum absolute atomic E-state index is 5.09. The Bertz CT molecular complexity index is 65.9. The number of epoxide rings is 1. The minimum Gasteiger partial charge on any atom is -0.367 e. The minimum absolute atomic E-state index is 0.602. The first kappa shape index (κ1) is 2.99. The lowest BCUT2D eigenvalue weighted by molar-refractivity contribution is 0.331. The van der Waals surface area contributed by atoms with Crippen molar-refractivity contribution in [3.63, 3.8) is 0 Å². The molecule has 2 nitrogen and oxygen atoms in total. The van der Waals surface area contributed by atoms with E-state index in [1.54, 1.807) is 0 Å². The van der Waals surface area contributed by atoms with Crippen molar-refractivity contribution < 1.29 is 4.74 Å². The summed E-state index contributed by atoms with van der Waals surface area (Å²) in [4.78, 5) is 0. The molecule has 0 saturated carbocycles. The quantitative estimate of drug-likeness (QED) is 0.395. The zero-order valence-electron chi connectivity index (χ0n) is 3.48. The smallest absolute Gasteiger partial charge is 0.0979 e. The molecule has 2 aliphatic heterocycles. The van der Waals surface area contributed by atoms with Crippen LogP contribution in [0.15, 0.2) is 0 Å². The molecule has 2 rings (SSSR count). The molecular weight excluding hydrogens is 78.0 g/mol. The molecule has 0 aliphatic carbocycles. The zero-order chi connectivity index (χ0) is 3.98. The van der Waals surface area contributed by atoms with E-state index in [0.717, 1.165) is 13.1 Å². The van der Waals surface area contributed by atoms with Gasteiger partial charge < -0.3 is 10.1 Å². The zero-order valence-corrected chi connectivity index (χ0v) is 3.48. The molecule has 2 saturated heterocycles. The standard InChI is InChI=1S/C4H7NO/c1-3-4(6-3)2-5-1/h3-5H,1-2H2. The molecule has 2 atom stereocenters. The van der Waals surface area contributed by atoms with Crippen molar-refractivity contribution in [1.29, 1.82) is 0 Å². The number of ether oxygens (including phenoxy) is 1. The highest BCUT2D eigenvalue weighted by atomic mass is 16.6. The molecule has 0 aromatic heterocycles. The third kappa shape index (κ3) is 0.235. The van der Waals surface area contributed by atoms with E-state index in [4.69, 9.17) is 4.74 Å². The molecule has 2 unspecified atom stereocenters. The molecule has 1 N–H and O–H groups in total. The van der Waals surface area contributed by atoms with Crippen LogP contribution in [0.2, 0.25) is 0 Å². The van der Waals surface area contributed by atoms with E-state index in [0.29, 0.717) is 12.2 Å². The molecule has 2 heterocycles. The third-order valence-corrected chi connectivity index (χ3v) is 1.38. The molecule has 2 heteroatoms. The van der Waals surface area contributed by atoms with Crippen LogP contribution in [0.5, 0.6) is 0 Å². The monoisotopic (exact) mass is 85.1 g/mol. The van der Waals surface area contributed by atoms with E-state index >= 15 is 0 Å². The highest BCUT2D eigenvalue weighted by Gasteiger charge is 2.42. The van der Waals surface area contributed by atoms with Crippen LogP contribution in [-0.2, 0) is 4.74 Å². The number of hydrogen-bond donors (Lipinski definition) is 1. The van der Waals surface area contributed by atoms with Crippen LogP contribution < -0.4 is 5.32 Å². The van der Waals surface area contributed by atoms with E-state index in [9.17, 15) is 0 Å². The van der Waals surface area contributed by atoms with Gasteiger partial charge in [-0.2, -0.15) is 0 Å². The van der Waals surface area contributed by atoms with Crippen LogP contribution >= 0.6 is 0 Å². The van der Waals surface area contributed by atoms with Gasteiger partial charge in [0.2, 0.25) is 0 Å². The van der Waals surface area contributed by atoms with Crippen LogP contribution in [-0.4, -0.2) is 25.3 Å². The Hall–Kier alpha value is -0.0800. The summed E-state index contributed by atoms with van der Waals surface area (Å²) in [6.07, 6.45) is 1.20. The average molecular weight is 85.1 g/mol. The van der Waals surface area contributed by atoms with Crippen LogP contribution in [0.25, 0.3) is 0 Å². The second-order valence-corrected chi connectivity index (χ2v) is 1.87. The van der Waals surface area contributed by atoms with Crippen LogP contribution in [0, 0.1) is 0 Å². The van der Waals surface area contributed by atoms with Crippen molar-refractivity contribution >= 4 is 0 Å².